The van der Waals surface area contributed by atoms with E-state index in [0.29, 0.717) is 27.2 Å². The summed E-state index contributed by atoms with van der Waals surface area (Å²) in [6.45, 7) is 0. The van der Waals surface area contributed by atoms with Crippen LogP contribution in [0.1, 0.15) is 33.1 Å². The quantitative estimate of drug-likeness (QED) is 0.0476. The smallest absolute Gasteiger partial charge is 0.337 e. The standard InChI is InChI=1S/C34H27N3O7S2/c1-42-25-16-15-22(17-26(25)43-2)29(38)27-28(20-11-13-21(14-12-20)32(41)44-3)37(31(40)30(27)39)33-35-36-34(46-33)45-18-23-9-6-8-19-7-4-5-10-24(19)23/h4-17,28,38H,18H2,1-3H3/b29-27+. The van der Waals surface area contributed by atoms with Crippen LogP contribution in [0.3, 0.4) is 0 Å². The molecule has 1 amide bonds. The number of carbonyl (C=O) groups is 3. The largest absolute Gasteiger partial charge is 0.507 e. The Hall–Kier alpha value is -5.20. The number of Topliss-reactive ketones (excluding diaryl/α,β-unsaturated/α-hetero) is 1. The summed E-state index contributed by atoms with van der Waals surface area (Å²) in [4.78, 5) is 40.7. The molecule has 1 unspecified atom stereocenters. The number of carbonyl (C=O) groups excluding carboxylic acids is 3. The lowest BCUT2D eigenvalue weighted by molar-refractivity contribution is -0.132. The van der Waals surface area contributed by atoms with Gasteiger partial charge >= 0.3 is 11.9 Å². The van der Waals surface area contributed by atoms with Crippen molar-refractivity contribution < 1.29 is 33.7 Å². The lowest BCUT2D eigenvalue weighted by Crippen LogP contribution is -2.29. The van der Waals surface area contributed by atoms with Crippen LogP contribution in [0.5, 0.6) is 11.5 Å². The van der Waals surface area contributed by atoms with E-state index in [1.807, 2.05) is 18.2 Å². The summed E-state index contributed by atoms with van der Waals surface area (Å²) >= 11 is 2.64. The first kappa shape index (κ1) is 30.8. The van der Waals surface area contributed by atoms with Gasteiger partial charge in [0.2, 0.25) is 5.13 Å². The number of ketones is 1. The molecule has 4 aromatic carbocycles. The lowest BCUT2D eigenvalue weighted by Gasteiger charge is -2.22. The van der Waals surface area contributed by atoms with E-state index in [-0.39, 0.29) is 21.8 Å². The minimum absolute atomic E-state index is 0.150. The Kier molecular flexibility index (Phi) is 8.73. The number of nitrogens with zero attached hydrogens (tertiary/aromatic N) is 3. The average Bonchev–Trinajstić information content (AvgIpc) is 3.67. The van der Waals surface area contributed by atoms with Gasteiger partial charge in [-0.15, -0.1) is 10.2 Å². The van der Waals surface area contributed by atoms with E-state index in [2.05, 4.69) is 34.5 Å². The number of amides is 1. The summed E-state index contributed by atoms with van der Waals surface area (Å²) in [5, 5.41) is 22.6. The number of rotatable bonds is 9. The zero-order valence-corrected chi connectivity index (χ0v) is 26.6. The molecule has 0 aliphatic carbocycles. The molecule has 1 aliphatic heterocycles. The minimum atomic E-state index is -1.07. The van der Waals surface area contributed by atoms with E-state index in [1.165, 1.54) is 67.5 Å². The van der Waals surface area contributed by atoms with Crippen LogP contribution in [0.2, 0.25) is 0 Å². The first-order chi connectivity index (χ1) is 22.3. The van der Waals surface area contributed by atoms with E-state index in [1.54, 1.807) is 24.3 Å². The molecular weight excluding hydrogens is 627 g/mol. The Morgan fingerprint density at radius 3 is 2.35 bits per heavy atom. The van der Waals surface area contributed by atoms with Crippen LogP contribution in [0.25, 0.3) is 16.5 Å². The van der Waals surface area contributed by atoms with E-state index >= 15 is 0 Å². The molecule has 6 rings (SSSR count). The topological polar surface area (TPSA) is 128 Å². The zero-order valence-electron chi connectivity index (χ0n) is 24.9. The van der Waals surface area contributed by atoms with E-state index in [4.69, 9.17) is 14.2 Å². The number of esters is 1. The SMILES string of the molecule is COC(=O)c1ccc(C2/C(=C(\O)c3ccc(OC)c(OC)c3)C(=O)C(=O)N2c2nnc(SCc3cccc4ccccc34)s2)cc1. The molecule has 12 heteroatoms. The Bertz CT molecular complexity index is 2000. The van der Waals surface area contributed by atoms with Crippen molar-refractivity contribution in [2.75, 3.05) is 26.2 Å². The summed E-state index contributed by atoms with van der Waals surface area (Å²) in [6.07, 6.45) is 0. The first-order valence-corrected chi connectivity index (χ1v) is 15.8. The van der Waals surface area contributed by atoms with Crippen molar-refractivity contribution in [2.45, 2.75) is 16.1 Å². The number of hydrogen-bond donors (Lipinski definition) is 1. The zero-order chi connectivity index (χ0) is 32.4. The number of aliphatic hydroxyl groups excluding tert-OH is 1. The predicted octanol–water partition coefficient (Wildman–Crippen LogP) is 6.41. The first-order valence-electron chi connectivity index (χ1n) is 14.0. The van der Waals surface area contributed by atoms with E-state index in [0.717, 1.165) is 16.3 Å². The monoisotopic (exact) mass is 653 g/mol. The van der Waals surface area contributed by atoms with Crippen LogP contribution in [0.15, 0.2) is 94.8 Å². The van der Waals surface area contributed by atoms with Crippen molar-refractivity contribution in [3.63, 3.8) is 0 Å². The Morgan fingerprint density at radius 1 is 0.891 bits per heavy atom. The molecule has 0 spiro atoms. The molecule has 10 nitrogen and oxygen atoms in total. The minimum Gasteiger partial charge on any atom is -0.507 e. The molecule has 1 saturated heterocycles. The number of ether oxygens (including phenoxy) is 3. The van der Waals surface area contributed by atoms with Gasteiger partial charge in [-0.05, 0) is 52.2 Å². The second-order valence-electron chi connectivity index (χ2n) is 10.1. The van der Waals surface area contributed by atoms with Crippen molar-refractivity contribution in [1.29, 1.82) is 0 Å². The highest BCUT2D eigenvalue weighted by Crippen LogP contribution is 2.45. The molecule has 0 saturated carbocycles. The van der Waals surface area contributed by atoms with Crippen molar-refractivity contribution >= 4 is 62.4 Å². The Balaban J connectivity index is 1.39. The highest BCUT2D eigenvalue weighted by molar-refractivity contribution is 8.00. The lowest BCUT2D eigenvalue weighted by atomic mass is 9.94. The van der Waals surface area contributed by atoms with Gasteiger partial charge in [-0.25, -0.2) is 4.79 Å². The van der Waals surface area contributed by atoms with Gasteiger partial charge in [-0.1, -0.05) is 77.7 Å². The van der Waals surface area contributed by atoms with Gasteiger partial charge in [0, 0.05) is 11.3 Å². The molecule has 5 aromatic rings. The summed E-state index contributed by atoms with van der Waals surface area (Å²) in [5.41, 5.74) is 1.97. The van der Waals surface area contributed by atoms with Gasteiger partial charge in [0.05, 0.1) is 38.5 Å². The maximum Gasteiger partial charge on any atom is 0.337 e. The number of thioether (sulfide) groups is 1. The average molecular weight is 654 g/mol. The predicted molar refractivity (Wildman–Crippen MR) is 176 cm³/mol. The van der Waals surface area contributed by atoms with E-state index in [9.17, 15) is 19.5 Å². The fourth-order valence-electron chi connectivity index (χ4n) is 5.32. The van der Waals surface area contributed by atoms with Gasteiger partial charge in [-0.3, -0.25) is 14.5 Å². The molecule has 0 bridgehead atoms. The number of methoxy groups -OCH3 is 3. The third-order valence-corrected chi connectivity index (χ3v) is 9.69. The number of anilines is 1. The normalized spacial score (nSPS) is 15.7. The third-order valence-electron chi connectivity index (χ3n) is 7.58. The van der Waals surface area contributed by atoms with Crippen LogP contribution in [0.4, 0.5) is 5.13 Å². The highest BCUT2D eigenvalue weighted by Gasteiger charge is 2.48. The van der Waals surface area contributed by atoms with Crippen molar-refractivity contribution in [2.24, 2.45) is 0 Å². The number of hydrogen-bond acceptors (Lipinski definition) is 11. The molecule has 1 aliphatic rings. The Labute approximate surface area is 272 Å². The number of aliphatic hydroxyl groups is 1. The molecule has 1 aromatic heterocycles. The molecule has 46 heavy (non-hydrogen) atoms. The van der Waals surface area contributed by atoms with Crippen LogP contribution >= 0.6 is 23.1 Å². The maximum atomic E-state index is 13.7. The van der Waals surface area contributed by atoms with Gasteiger partial charge < -0.3 is 19.3 Å². The van der Waals surface area contributed by atoms with Crippen LogP contribution in [-0.4, -0.2) is 54.3 Å². The van der Waals surface area contributed by atoms with E-state index < -0.39 is 29.5 Å². The number of aromatic nitrogens is 2. The molecule has 0 radical (unpaired) electrons. The fraction of sp³-hybridized carbons (Fsp3) is 0.147. The van der Waals surface area contributed by atoms with Gasteiger partial charge in [0.1, 0.15) is 5.76 Å². The molecule has 1 N–H and O–H groups in total. The Morgan fingerprint density at radius 2 is 1.61 bits per heavy atom. The number of fused-ring (bicyclic) bond motifs is 1. The number of benzene rings is 4. The molecule has 1 atom stereocenters. The molecular formula is C34H27N3O7S2. The fourth-order valence-corrected chi connectivity index (χ4v) is 7.19. The second kappa shape index (κ2) is 13.0. The van der Waals surface area contributed by atoms with Crippen molar-refractivity contribution in [3.8, 4) is 11.5 Å². The summed E-state index contributed by atoms with van der Waals surface area (Å²) < 4.78 is 16.1. The van der Waals surface area contributed by atoms with Gasteiger partial charge in [-0.2, -0.15) is 0 Å². The maximum absolute atomic E-state index is 13.7. The molecule has 2 heterocycles. The van der Waals surface area contributed by atoms with Crippen molar-refractivity contribution in [1.82, 2.24) is 10.2 Å². The summed E-state index contributed by atoms with van der Waals surface area (Å²) in [6, 6.07) is 24.1. The van der Waals surface area contributed by atoms with Gasteiger partial charge in [0.15, 0.2) is 15.8 Å². The third kappa shape index (κ3) is 5.68. The highest BCUT2D eigenvalue weighted by atomic mass is 32.2. The summed E-state index contributed by atoms with van der Waals surface area (Å²) in [7, 11) is 4.21. The second-order valence-corrected chi connectivity index (χ2v) is 12.3. The van der Waals surface area contributed by atoms with Crippen LogP contribution < -0.4 is 14.4 Å². The van der Waals surface area contributed by atoms with Crippen molar-refractivity contribution in [3.05, 3.63) is 113 Å². The summed E-state index contributed by atoms with van der Waals surface area (Å²) in [5.74, 6) is -1.33. The molecule has 1 fully saturated rings. The van der Waals surface area contributed by atoms with Gasteiger partial charge in [0.25, 0.3) is 5.78 Å². The van der Waals surface area contributed by atoms with Crippen LogP contribution in [-0.2, 0) is 20.1 Å². The van der Waals surface area contributed by atoms with Crippen LogP contribution in [0, 0.1) is 0 Å². The molecule has 232 valence electrons.